The predicted octanol–water partition coefficient (Wildman–Crippen LogP) is 1.94. The fraction of sp³-hybridized carbons (Fsp3) is 0.231. The van der Waals surface area contributed by atoms with Gasteiger partial charge in [-0.1, -0.05) is 6.92 Å². The Morgan fingerprint density at radius 3 is 2.64 bits per heavy atom. The summed E-state index contributed by atoms with van der Waals surface area (Å²) in [7, 11) is -4.58. The van der Waals surface area contributed by atoms with Gasteiger partial charge in [-0.25, -0.2) is 26.9 Å². The molecular formula is C13H12F2N2O4S. The van der Waals surface area contributed by atoms with Gasteiger partial charge < -0.3 is 4.42 Å². The van der Waals surface area contributed by atoms with E-state index < -0.39 is 32.5 Å². The van der Waals surface area contributed by atoms with E-state index in [2.05, 4.69) is 4.98 Å². The molecule has 0 atom stereocenters. The summed E-state index contributed by atoms with van der Waals surface area (Å²) in [5.41, 5.74) is -0.272. The lowest BCUT2D eigenvalue weighted by Crippen LogP contribution is -2.32. The molecule has 1 amide bonds. The van der Waals surface area contributed by atoms with Crippen LogP contribution in [0.25, 0.3) is 0 Å². The van der Waals surface area contributed by atoms with Crippen molar-refractivity contribution in [2.75, 3.05) is 0 Å². The van der Waals surface area contributed by atoms with Crippen LogP contribution in [-0.2, 0) is 16.4 Å². The number of amides is 1. The average molecular weight is 330 g/mol. The number of oxazole rings is 1. The number of rotatable bonds is 4. The van der Waals surface area contributed by atoms with Crippen LogP contribution in [0.2, 0.25) is 0 Å². The van der Waals surface area contributed by atoms with Gasteiger partial charge in [0, 0.05) is 6.42 Å². The molecule has 0 unspecified atom stereocenters. The van der Waals surface area contributed by atoms with Crippen molar-refractivity contribution < 1.29 is 26.4 Å². The summed E-state index contributed by atoms with van der Waals surface area (Å²) >= 11 is 0. The first-order chi connectivity index (χ1) is 10.3. The van der Waals surface area contributed by atoms with E-state index in [0.29, 0.717) is 12.5 Å². The number of hydrogen-bond donors (Lipinski definition) is 1. The second kappa shape index (κ2) is 5.84. The predicted molar refractivity (Wildman–Crippen MR) is 71.6 cm³/mol. The first kappa shape index (κ1) is 16.1. The molecule has 2 aromatic rings. The smallest absolute Gasteiger partial charge is 0.287 e. The number of nitrogens with zero attached hydrogens (tertiary/aromatic N) is 1. The maximum atomic E-state index is 13.7. The Morgan fingerprint density at radius 1 is 1.32 bits per heavy atom. The normalized spacial score (nSPS) is 11.5. The van der Waals surface area contributed by atoms with E-state index in [0.717, 1.165) is 12.5 Å². The Kier molecular flexibility index (Phi) is 4.27. The average Bonchev–Trinajstić information content (AvgIpc) is 2.90. The highest BCUT2D eigenvalue weighted by molar-refractivity contribution is 7.90. The van der Waals surface area contributed by atoms with Gasteiger partial charge in [0.1, 0.15) is 22.3 Å². The highest BCUT2D eigenvalue weighted by Crippen LogP contribution is 2.19. The number of nitrogens with one attached hydrogen (secondary N) is 1. The fourth-order valence-corrected chi connectivity index (χ4v) is 2.79. The zero-order valence-electron chi connectivity index (χ0n) is 11.7. The van der Waals surface area contributed by atoms with Gasteiger partial charge in [0.25, 0.3) is 15.9 Å². The van der Waals surface area contributed by atoms with E-state index in [1.165, 1.54) is 6.92 Å². The Balaban J connectivity index is 2.36. The van der Waals surface area contributed by atoms with Crippen molar-refractivity contribution in [2.24, 2.45) is 0 Å². The minimum absolute atomic E-state index is 0.0486. The van der Waals surface area contributed by atoms with Gasteiger partial charge in [0.05, 0.1) is 0 Å². The lowest BCUT2D eigenvalue weighted by molar-refractivity contribution is 0.0975. The Morgan fingerprint density at radius 2 is 2.00 bits per heavy atom. The Hall–Kier alpha value is -2.29. The van der Waals surface area contributed by atoms with Gasteiger partial charge in [0.2, 0.25) is 0 Å². The Bertz CT molecular complexity index is 831. The second-order valence-electron chi connectivity index (χ2n) is 4.44. The highest BCUT2D eigenvalue weighted by Gasteiger charge is 2.26. The van der Waals surface area contributed by atoms with Gasteiger partial charge in [-0.3, -0.25) is 4.79 Å². The lowest BCUT2D eigenvalue weighted by atomic mass is 10.2. The summed E-state index contributed by atoms with van der Waals surface area (Å²) in [6.07, 6.45) is 1.31. The SMILES string of the molecule is CCc1ocnc1C(=O)NS(=O)(=O)c1cc(F)c(C)cc1F. The summed E-state index contributed by atoms with van der Waals surface area (Å²) in [5, 5.41) is 0. The molecular weight excluding hydrogens is 318 g/mol. The third kappa shape index (κ3) is 2.98. The molecule has 0 saturated carbocycles. The van der Waals surface area contributed by atoms with Crippen molar-refractivity contribution in [2.45, 2.75) is 25.2 Å². The van der Waals surface area contributed by atoms with Crippen LogP contribution in [0.5, 0.6) is 0 Å². The molecule has 0 aliphatic heterocycles. The van der Waals surface area contributed by atoms with Crippen molar-refractivity contribution in [3.05, 3.63) is 47.2 Å². The molecule has 0 aliphatic rings. The number of aryl methyl sites for hydroxylation is 2. The molecule has 0 aliphatic carbocycles. The molecule has 1 aromatic heterocycles. The zero-order valence-corrected chi connectivity index (χ0v) is 12.5. The van der Waals surface area contributed by atoms with Crippen LogP contribution in [0.4, 0.5) is 8.78 Å². The van der Waals surface area contributed by atoms with Crippen LogP contribution in [0.3, 0.4) is 0 Å². The van der Waals surface area contributed by atoms with Gasteiger partial charge >= 0.3 is 0 Å². The molecule has 1 N–H and O–H groups in total. The molecule has 118 valence electrons. The first-order valence-corrected chi connectivity index (χ1v) is 7.69. The molecule has 0 bridgehead atoms. The molecule has 6 nitrogen and oxygen atoms in total. The molecule has 0 saturated heterocycles. The highest BCUT2D eigenvalue weighted by atomic mass is 32.2. The quantitative estimate of drug-likeness (QED) is 0.925. The zero-order chi connectivity index (χ0) is 16.5. The number of carbonyl (C=O) groups excluding carboxylic acids is 1. The molecule has 0 spiro atoms. The molecule has 22 heavy (non-hydrogen) atoms. The topological polar surface area (TPSA) is 89.3 Å². The molecule has 1 aromatic carbocycles. The summed E-state index contributed by atoms with van der Waals surface area (Å²) < 4.78 is 57.8. The summed E-state index contributed by atoms with van der Waals surface area (Å²) in [4.78, 5) is 14.6. The maximum absolute atomic E-state index is 13.7. The number of halogens is 2. The summed E-state index contributed by atoms with van der Waals surface area (Å²) in [5.74, 6) is -2.95. The standard InChI is InChI=1S/C13H12F2N2O4S/c1-3-10-12(16-6-21-10)13(18)17-22(19,20)11-5-8(14)7(2)4-9(11)15/h4-6H,3H2,1-2H3,(H,17,18). The third-order valence-corrected chi connectivity index (χ3v) is 4.25. The summed E-state index contributed by atoms with van der Waals surface area (Å²) in [6.45, 7) is 2.97. The molecule has 1 heterocycles. The van der Waals surface area contributed by atoms with E-state index >= 15 is 0 Å². The molecule has 2 rings (SSSR count). The van der Waals surface area contributed by atoms with Crippen molar-refractivity contribution >= 4 is 15.9 Å². The number of hydrogen-bond acceptors (Lipinski definition) is 5. The number of sulfonamides is 1. The minimum atomic E-state index is -4.58. The van der Waals surface area contributed by atoms with Gasteiger partial charge in [-0.15, -0.1) is 0 Å². The van der Waals surface area contributed by atoms with Crippen molar-refractivity contribution in [3.8, 4) is 0 Å². The van der Waals surface area contributed by atoms with E-state index in [-0.39, 0.29) is 17.0 Å². The monoisotopic (exact) mass is 330 g/mol. The lowest BCUT2D eigenvalue weighted by Gasteiger charge is -2.08. The van der Waals surface area contributed by atoms with Gasteiger partial charge in [0.15, 0.2) is 12.1 Å². The molecule has 0 radical (unpaired) electrons. The molecule has 9 heteroatoms. The maximum Gasteiger partial charge on any atom is 0.287 e. The van der Waals surface area contributed by atoms with Crippen LogP contribution in [-0.4, -0.2) is 19.3 Å². The summed E-state index contributed by atoms with van der Waals surface area (Å²) in [6, 6.07) is 1.26. The van der Waals surface area contributed by atoms with Crippen molar-refractivity contribution in [1.29, 1.82) is 0 Å². The van der Waals surface area contributed by atoms with Gasteiger partial charge in [-0.05, 0) is 24.6 Å². The van der Waals surface area contributed by atoms with Crippen LogP contribution in [0, 0.1) is 18.6 Å². The Labute approximate surface area is 125 Å². The van der Waals surface area contributed by atoms with E-state index in [9.17, 15) is 22.0 Å². The van der Waals surface area contributed by atoms with Crippen molar-refractivity contribution in [3.63, 3.8) is 0 Å². The van der Waals surface area contributed by atoms with Crippen molar-refractivity contribution in [1.82, 2.24) is 9.71 Å². The van der Waals surface area contributed by atoms with Gasteiger partial charge in [-0.2, -0.15) is 0 Å². The van der Waals surface area contributed by atoms with Crippen LogP contribution in [0.1, 0.15) is 28.7 Å². The third-order valence-electron chi connectivity index (χ3n) is 2.91. The van der Waals surface area contributed by atoms with Crippen LogP contribution in [0.15, 0.2) is 27.8 Å². The van der Waals surface area contributed by atoms with Crippen LogP contribution >= 0.6 is 0 Å². The second-order valence-corrected chi connectivity index (χ2v) is 6.09. The molecule has 0 fully saturated rings. The fourth-order valence-electron chi connectivity index (χ4n) is 1.77. The minimum Gasteiger partial charge on any atom is -0.448 e. The van der Waals surface area contributed by atoms with E-state index in [1.54, 1.807) is 11.6 Å². The van der Waals surface area contributed by atoms with E-state index in [1.807, 2.05) is 0 Å². The number of benzene rings is 1. The number of aromatic nitrogens is 1. The number of carbonyl (C=O) groups is 1. The largest absolute Gasteiger partial charge is 0.448 e. The first-order valence-electron chi connectivity index (χ1n) is 6.21. The van der Waals surface area contributed by atoms with E-state index in [4.69, 9.17) is 4.42 Å². The van der Waals surface area contributed by atoms with Crippen LogP contribution < -0.4 is 4.72 Å².